The highest BCUT2D eigenvalue weighted by Gasteiger charge is 2.55. The van der Waals surface area contributed by atoms with Crippen LogP contribution >= 0.6 is 0 Å². The molecule has 1 aromatic rings. The van der Waals surface area contributed by atoms with Gasteiger partial charge in [-0.25, -0.2) is 4.79 Å². The molecular formula is C20H25N3O5. The first-order chi connectivity index (χ1) is 13.5. The van der Waals surface area contributed by atoms with Crippen LogP contribution in [0.2, 0.25) is 0 Å². The second-order valence-electron chi connectivity index (χ2n) is 7.73. The maximum Gasteiger partial charge on any atom is 0.325 e. The summed E-state index contributed by atoms with van der Waals surface area (Å²) in [5.74, 6) is 0.893. The number of urea groups is 1. The lowest BCUT2D eigenvalue weighted by Gasteiger charge is -2.36. The second-order valence-corrected chi connectivity index (χ2v) is 7.73. The third kappa shape index (κ3) is 3.27. The fourth-order valence-corrected chi connectivity index (χ4v) is 4.28. The van der Waals surface area contributed by atoms with Crippen molar-refractivity contribution >= 4 is 17.8 Å². The van der Waals surface area contributed by atoms with Crippen LogP contribution in [0.25, 0.3) is 0 Å². The quantitative estimate of drug-likeness (QED) is 0.748. The molecule has 0 aromatic heterocycles. The van der Waals surface area contributed by atoms with Crippen molar-refractivity contribution in [1.82, 2.24) is 15.5 Å². The van der Waals surface area contributed by atoms with E-state index in [2.05, 4.69) is 10.6 Å². The minimum absolute atomic E-state index is 0.0803. The molecule has 2 heterocycles. The van der Waals surface area contributed by atoms with Crippen molar-refractivity contribution in [3.05, 3.63) is 23.8 Å². The first kappa shape index (κ1) is 18.6. The third-order valence-corrected chi connectivity index (χ3v) is 5.98. The summed E-state index contributed by atoms with van der Waals surface area (Å²) < 4.78 is 10.6. The summed E-state index contributed by atoms with van der Waals surface area (Å²) in [6.45, 7) is 2.37. The molecule has 2 atom stereocenters. The molecule has 8 heteroatoms. The summed E-state index contributed by atoms with van der Waals surface area (Å²) in [6.07, 6.45) is 4.13. The van der Waals surface area contributed by atoms with Crippen LogP contribution in [0.4, 0.5) is 4.79 Å². The molecule has 8 nitrogen and oxygen atoms in total. The Labute approximate surface area is 163 Å². The maximum absolute atomic E-state index is 12.9. The molecule has 4 rings (SSSR count). The minimum atomic E-state index is -0.831. The number of carbonyl (C=O) groups is 3. The number of hydrogen-bond acceptors (Lipinski definition) is 5. The number of rotatable bonds is 5. The van der Waals surface area contributed by atoms with E-state index in [1.165, 1.54) is 0 Å². The van der Waals surface area contributed by atoms with E-state index < -0.39 is 11.6 Å². The maximum atomic E-state index is 12.9. The van der Waals surface area contributed by atoms with Crippen LogP contribution in [-0.4, -0.2) is 48.2 Å². The van der Waals surface area contributed by atoms with Crippen LogP contribution in [0.15, 0.2) is 18.2 Å². The number of benzene rings is 1. The average Bonchev–Trinajstić information content (AvgIpc) is 3.23. The molecular weight excluding hydrogens is 362 g/mol. The van der Waals surface area contributed by atoms with Gasteiger partial charge < -0.3 is 20.1 Å². The molecule has 1 spiro atoms. The van der Waals surface area contributed by atoms with Gasteiger partial charge >= 0.3 is 6.03 Å². The highest BCUT2D eigenvalue weighted by Crippen LogP contribution is 2.38. The van der Waals surface area contributed by atoms with Gasteiger partial charge in [0.25, 0.3) is 5.91 Å². The number of imide groups is 1. The number of carbonyl (C=O) groups excluding carboxylic acids is 3. The fourth-order valence-electron chi connectivity index (χ4n) is 4.28. The molecule has 0 unspecified atom stereocenters. The van der Waals surface area contributed by atoms with Gasteiger partial charge in [0.2, 0.25) is 12.7 Å². The average molecular weight is 387 g/mol. The third-order valence-electron chi connectivity index (χ3n) is 5.98. The van der Waals surface area contributed by atoms with E-state index in [9.17, 15) is 14.4 Å². The number of amides is 4. The van der Waals surface area contributed by atoms with Gasteiger partial charge in [0.05, 0.1) is 0 Å². The van der Waals surface area contributed by atoms with Gasteiger partial charge in [-0.1, -0.05) is 25.8 Å². The summed E-state index contributed by atoms with van der Waals surface area (Å²) >= 11 is 0. The van der Waals surface area contributed by atoms with E-state index in [0.717, 1.165) is 35.5 Å². The van der Waals surface area contributed by atoms with Crippen LogP contribution in [0.3, 0.4) is 0 Å². The van der Waals surface area contributed by atoms with Crippen molar-refractivity contribution < 1.29 is 23.9 Å². The van der Waals surface area contributed by atoms with Crippen molar-refractivity contribution in [2.45, 2.75) is 44.6 Å². The van der Waals surface area contributed by atoms with E-state index in [1.807, 2.05) is 25.1 Å². The summed E-state index contributed by atoms with van der Waals surface area (Å²) in [7, 11) is 0. The Kier molecular flexibility index (Phi) is 4.87. The van der Waals surface area contributed by atoms with Crippen molar-refractivity contribution in [3.63, 3.8) is 0 Å². The number of nitrogens with zero attached hydrogens (tertiary/aromatic N) is 1. The fraction of sp³-hybridized carbons (Fsp3) is 0.550. The standard InChI is InChI=1S/C20H25N3O5/c1-13-4-2-3-8-20(13)18(25)23(19(26)22-20)11-17(24)21-9-7-14-5-6-15-16(10-14)28-12-27-15/h5-6,10,13H,2-4,7-9,11-12H2,1H3,(H,21,24)(H,22,26)/t13-,20-/m1/s1. The Morgan fingerprint density at radius 2 is 2.11 bits per heavy atom. The van der Waals surface area contributed by atoms with Crippen LogP contribution < -0.4 is 20.1 Å². The molecule has 1 aromatic carbocycles. The van der Waals surface area contributed by atoms with Crippen LogP contribution in [-0.2, 0) is 16.0 Å². The number of ether oxygens (including phenoxy) is 2. The topological polar surface area (TPSA) is 97.0 Å². The zero-order valence-corrected chi connectivity index (χ0v) is 16.0. The first-order valence-corrected chi connectivity index (χ1v) is 9.79. The van der Waals surface area contributed by atoms with E-state index >= 15 is 0 Å². The number of hydrogen-bond donors (Lipinski definition) is 2. The Bertz CT molecular complexity index is 811. The number of nitrogens with one attached hydrogen (secondary N) is 2. The van der Waals surface area contributed by atoms with Gasteiger partial charge in [0.1, 0.15) is 12.1 Å². The van der Waals surface area contributed by atoms with E-state index in [1.54, 1.807) is 0 Å². The van der Waals surface area contributed by atoms with Crippen LogP contribution in [0.5, 0.6) is 11.5 Å². The van der Waals surface area contributed by atoms with Crippen molar-refractivity contribution in [2.24, 2.45) is 5.92 Å². The molecule has 3 aliphatic rings. The molecule has 0 bridgehead atoms. The first-order valence-electron chi connectivity index (χ1n) is 9.79. The molecule has 0 radical (unpaired) electrons. The van der Waals surface area contributed by atoms with E-state index in [-0.39, 0.29) is 31.1 Å². The molecule has 1 saturated carbocycles. The highest BCUT2D eigenvalue weighted by atomic mass is 16.7. The Morgan fingerprint density at radius 1 is 1.29 bits per heavy atom. The highest BCUT2D eigenvalue weighted by molar-refractivity contribution is 6.09. The molecule has 2 fully saturated rings. The normalized spacial score (nSPS) is 25.9. The molecule has 150 valence electrons. The monoisotopic (exact) mass is 387 g/mol. The lowest BCUT2D eigenvalue weighted by molar-refractivity contribution is -0.137. The van der Waals surface area contributed by atoms with Gasteiger partial charge in [-0.2, -0.15) is 0 Å². The van der Waals surface area contributed by atoms with Crippen LogP contribution in [0.1, 0.15) is 38.2 Å². The summed E-state index contributed by atoms with van der Waals surface area (Å²) in [6, 6.07) is 5.19. The van der Waals surface area contributed by atoms with Gasteiger partial charge in [-0.3, -0.25) is 14.5 Å². The Hall–Kier alpha value is -2.77. The predicted octanol–water partition coefficient (Wildman–Crippen LogP) is 1.57. The largest absolute Gasteiger partial charge is 0.454 e. The molecule has 2 N–H and O–H groups in total. The SMILES string of the molecule is C[C@@H]1CCCC[C@@]12NC(=O)N(CC(=O)NCCc1ccc3c(c1)OCO3)C2=O. The molecule has 4 amide bonds. The van der Waals surface area contributed by atoms with Gasteiger partial charge in [-0.05, 0) is 42.9 Å². The lowest BCUT2D eigenvalue weighted by Crippen LogP contribution is -2.54. The molecule has 1 saturated heterocycles. The Balaban J connectivity index is 1.30. The van der Waals surface area contributed by atoms with Gasteiger partial charge in [0, 0.05) is 6.54 Å². The Morgan fingerprint density at radius 3 is 2.93 bits per heavy atom. The van der Waals surface area contributed by atoms with Gasteiger partial charge in [0.15, 0.2) is 11.5 Å². The van der Waals surface area contributed by atoms with E-state index in [4.69, 9.17) is 9.47 Å². The zero-order valence-electron chi connectivity index (χ0n) is 16.0. The number of fused-ring (bicyclic) bond motifs is 1. The van der Waals surface area contributed by atoms with Crippen molar-refractivity contribution in [2.75, 3.05) is 19.9 Å². The summed E-state index contributed by atoms with van der Waals surface area (Å²) in [5.41, 5.74) is 0.178. The smallest absolute Gasteiger partial charge is 0.325 e. The lowest BCUT2D eigenvalue weighted by atomic mass is 9.73. The molecule has 28 heavy (non-hydrogen) atoms. The van der Waals surface area contributed by atoms with Crippen molar-refractivity contribution in [1.29, 1.82) is 0 Å². The van der Waals surface area contributed by atoms with Crippen LogP contribution in [0, 0.1) is 5.92 Å². The molecule has 2 aliphatic heterocycles. The summed E-state index contributed by atoms with van der Waals surface area (Å²) in [4.78, 5) is 38.6. The summed E-state index contributed by atoms with van der Waals surface area (Å²) in [5, 5.41) is 5.65. The van der Waals surface area contributed by atoms with E-state index in [0.29, 0.717) is 25.1 Å². The second kappa shape index (κ2) is 7.33. The minimum Gasteiger partial charge on any atom is -0.454 e. The van der Waals surface area contributed by atoms with Crippen molar-refractivity contribution in [3.8, 4) is 11.5 Å². The molecule has 1 aliphatic carbocycles. The predicted molar refractivity (Wildman–Crippen MR) is 99.9 cm³/mol. The van der Waals surface area contributed by atoms with Gasteiger partial charge in [-0.15, -0.1) is 0 Å². The zero-order chi connectivity index (χ0) is 19.7.